The fraction of sp³-hybridized carbons (Fsp3) is 0.278. The molecule has 2 rings (SSSR count). The lowest BCUT2D eigenvalue weighted by molar-refractivity contribution is -0.129. The van der Waals surface area contributed by atoms with Crippen LogP contribution in [0, 0.1) is 0 Å². The van der Waals surface area contributed by atoms with Crippen LogP contribution in [0.25, 0.3) is 0 Å². The van der Waals surface area contributed by atoms with E-state index in [1.165, 1.54) is 5.56 Å². The van der Waals surface area contributed by atoms with Crippen molar-refractivity contribution in [3.63, 3.8) is 0 Å². The number of carbonyl (C=O) groups is 1. The summed E-state index contributed by atoms with van der Waals surface area (Å²) in [5, 5.41) is 0. The van der Waals surface area contributed by atoms with Crippen LogP contribution in [0.5, 0.6) is 5.75 Å². The second kappa shape index (κ2) is 7.48. The van der Waals surface area contributed by atoms with Crippen molar-refractivity contribution in [1.82, 2.24) is 4.90 Å². The first kappa shape index (κ1) is 15.1. The van der Waals surface area contributed by atoms with Crippen LogP contribution in [-0.2, 0) is 17.6 Å². The highest BCUT2D eigenvalue weighted by atomic mass is 16.5. The Morgan fingerprint density at radius 1 is 1.05 bits per heavy atom. The third kappa shape index (κ3) is 4.35. The molecule has 0 aliphatic carbocycles. The molecule has 0 aliphatic heterocycles. The van der Waals surface area contributed by atoms with Gasteiger partial charge in [0.15, 0.2) is 0 Å². The first-order valence-electron chi connectivity index (χ1n) is 7.10. The quantitative estimate of drug-likeness (QED) is 0.816. The molecule has 0 bridgehead atoms. The summed E-state index contributed by atoms with van der Waals surface area (Å²) in [7, 11) is 3.48. The molecule has 0 radical (unpaired) electrons. The minimum absolute atomic E-state index is 0.107. The van der Waals surface area contributed by atoms with Crippen LogP contribution in [0.2, 0.25) is 0 Å². The number of likely N-dealkylation sites (N-methyl/N-ethyl adjacent to an activating group) is 1. The van der Waals surface area contributed by atoms with Crippen molar-refractivity contribution >= 4 is 5.91 Å². The Morgan fingerprint density at radius 2 is 1.71 bits per heavy atom. The molecule has 110 valence electrons. The maximum absolute atomic E-state index is 12.3. The number of amides is 1. The molecule has 0 aromatic heterocycles. The van der Waals surface area contributed by atoms with Crippen molar-refractivity contribution in [3.8, 4) is 5.75 Å². The molecule has 3 nitrogen and oxygen atoms in total. The summed E-state index contributed by atoms with van der Waals surface area (Å²) >= 11 is 0. The summed E-state index contributed by atoms with van der Waals surface area (Å²) in [5.41, 5.74) is 2.17. The van der Waals surface area contributed by atoms with Gasteiger partial charge >= 0.3 is 0 Å². The molecule has 0 unspecified atom stereocenters. The van der Waals surface area contributed by atoms with Gasteiger partial charge in [0.25, 0.3) is 0 Å². The summed E-state index contributed by atoms with van der Waals surface area (Å²) in [4.78, 5) is 14.0. The van der Waals surface area contributed by atoms with Crippen molar-refractivity contribution < 1.29 is 9.53 Å². The Hall–Kier alpha value is -2.29. The largest absolute Gasteiger partial charge is 0.496 e. The van der Waals surface area contributed by atoms with E-state index in [1.54, 1.807) is 12.0 Å². The highest BCUT2D eigenvalue weighted by Gasteiger charge is 2.12. The number of benzene rings is 2. The number of nitrogens with zero attached hydrogens (tertiary/aromatic N) is 1. The molecular weight excluding hydrogens is 262 g/mol. The van der Waals surface area contributed by atoms with Crippen LogP contribution < -0.4 is 4.74 Å². The molecule has 0 atom stereocenters. The minimum atomic E-state index is 0.107. The van der Waals surface area contributed by atoms with E-state index in [2.05, 4.69) is 12.1 Å². The Balaban J connectivity index is 1.90. The van der Waals surface area contributed by atoms with Gasteiger partial charge in [-0.3, -0.25) is 4.79 Å². The van der Waals surface area contributed by atoms with Crippen molar-refractivity contribution in [2.24, 2.45) is 0 Å². The molecular formula is C18H21NO2. The zero-order chi connectivity index (χ0) is 15.1. The molecule has 0 fully saturated rings. The second-order valence-electron chi connectivity index (χ2n) is 5.04. The highest BCUT2D eigenvalue weighted by molar-refractivity contribution is 5.79. The SMILES string of the molecule is COc1ccccc1CC(=O)N(C)CCc1ccccc1. The molecule has 0 saturated heterocycles. The van der Waals surface area contributed by atoms with Crippen LogP contribution >= 0.6 is 0 Å². The fourth-order valence-corrected chi connectivity index (χ4v) is 2.21. The predicted octanol–water partition coefficient (Wildman–Crippen LogP) is 2.94. The molecule has 3 heteroatoms. The monoisotopic (exact) mass is 283 g/mol. The van der Waals surface area contributed by atoms with Gasteiger partial charge in [-0.1, -0.05) is 48.5 Å². The van der Waals surface area contributed by atoms with Crippen LogP contribution in [0.3, 0.4) is 0 Å². The molecule has 0 saturated carbocycles. The van der Waals surface area contributed by atoms with Gasteiger partial charge in [-0.25, -0.2) is 0 Å². The van der Waals surface area contributed by atoms with E-state index in [4.69, 9.17) is 4.74 Å². The van der Waals surface area contributed by atoms with Crippen molar-refractivity contribution in [2.45, 2.75) is 12.8 Å². The third-order valence-corrected chi connectivity index (χ3v) is 3.54. The number of methoxy groups -OCH3 is 1. The van der Waals surface area contributed by atoms with Gasteiger partial charge in [-0.15, -0.1) is 0 Å². The summed E-state index contributed by atoms with van der Waals surface area (Å²) in [6.07, 6.45) is 1.24. The van der Waals surface area contributed by atoms with Gasteiger partial charge < -0.3 is 9.64 Å². The average Bonchev–Trinajstić information content (AvgIpc) is 2.54. The maximum atomic E-state index is 12.3. The lowest BCUT2D eigenvalue weighted by atomic mass is 10.1. The minimum Gasteiger partial charge on any atom is -0.496 e. The summed E-state index contributed by atoms with van der Waals surface area (Å²) < 4.78 is 5.28. The van der Waals surface area contributed by atoms with E-state index in [1.807, 2.05) is 49.5 Å². The summed E-state index contributed by atoms with van der Waals surface area (Å²) in [5.74, 6) is 0.873. The second-order valence-corrected chi connectivity index (χ2v) is 5.04. The van der Waals surface area contributed by atoms with Gasteiger partial charge in [0.1, 0.15) is 5.75 Å². The Bertz CT molecular complexity index is 581. The van der Waals surface area contributed by atoms with E-state index in [0.29, 0.717) is 6.42 Å². The first-order chi connectivity index (χ1) is 10.2. The molecule has 2 aromatic carbocycles. The van der Waals surface area contributed by atoms with Crippen LogP contribution in [0.15, 0.2) is 54.6 Å². The predicted molar refractivity (Wildman–Crippen MR) is 84.5 cm³/mol. The number of hydrogen-bond acceptors (Lipinski definition) is 2. The lowest BCUT2D eigenvalue weighted by Gasteiger charge is -2.18. The summed E-state index contributed by atoms with van der Waals surface area (Å²) in [6.45, 7) is 0.720. The zero-order valence-electron chi connectivity index (χ0n) is 12.6. The average molecular weight is 283 g/mol. The van der Waals surface area contributed by atoms with E-state index in [9.17, 15) is 4.79 Å². The van der Waals surface area contributed by atoms with E-state index in [0.717, 1.165) is 24.3 Å². The number of rotatable bonds is 6. The lowest BCUT2D eigenvalue weighted by Crippen LogP contribution is -2.30. The number of hydrogen-bond donors (Lipinski definition) is 0. The van der Waals surface area contributed by atoms with Crippen molar-refractivity contribution in [2.75, 3.05) is 20.7 Å². The summed E-state index contributed by atoms with van der Waals surface area (Å²) in [6, 6.07) is 17.9. The van der Waals surface area contributed by atoms with E-state index < -0.39 is 0 Å². The molecule has 0 heterocycles. The van der Waals surface area contributed by atoms with Crippen LogP contribution in [0.1, 0.15) is 11.1 Å². The van der Waals surface area contributed by atoms with Crippen molar-refractivity contribution in [1.29, 1.82) is 0 Å². The van der Waals surface area contributed by atoms with Crippen LogP contribution in [-0.4, -0.2) is 31.5 Å². The Kier molecular flexibility index (Phi) is 5.38. The molecule has 2 aromatic rings. The van der Waals surface area contributed by atoms with Gasteiger partial charge in [0.05, 0.1) is 13.5 Å². The number of carbonyl (C=O) groups excluding carboxylic acids is 1. The van der Waals surface area contributed by atoms with Gasteiger partial charge in [0.2, 0.25) is 5.91 Å². The Morgan fingerprint density at radius 3 is 2.43 bits per heavy atom. The molecule has 1 amide bonds. The Labute approximate surface area is 126 Å². The van der Waals surface area contributed by atoms with Crippen molar-refractivity contribution in [3.05, 3.63) is 65.7 Å². The van der Waals surface area contributed by atoms with Gasteiger partial charge in [-0.2, -0.15) is 0 Å². The normalized spacial score (nSPS) is 10.2. The molecule has 0 spiro atoms. The standard InChI is InChI=1S/C18H21NO2/c1-19(13-12-15-8-4-3-5-9-15)18(20)14-16-10-6-7-11-17(16)21-2/h3-11H,12-14H2,1-2H3. The number of para-hydroxylation sites is 1. The fourth-order valence-electron chi connectivity index (χ4n) is 2.21. The molecule has 21 heavy (non-hydrogen) atoms. The van der Waals surface area contributed by atoms with E-state index >= 15 is 0 Å². The van der Waals surface area contributed by atoms with Gasteiger partial charge in [-0.05, 0) is 18.1 Å². The smallest absolute Gasteiger partial charge is 0.226 e. The van der Waals surface area contributed by atoms with Crippen LogP contribution in [0.4, 0.5) is 0 Å². The first-order valence-corrected chi connectivity index (χ1v) is 7.10. The van der Waals surface area contributed by atoms with Gasteiger partial charge in [0, 0.05) is 19.2 Å². The highest BCUT2D eigenvalue weighted by Crippen LogP contribution is 2.18. The maximum Gasteiger partial charge on any atom is 0.226 e. The third-order valence-electron chi connectivity index (χ3n) is 3.54. The molecule has 0 N–H and O–H groups in total. The van der Waals surface area contributed by atoms with E-state index in [-0.39, 0.29) is 5.91 Å². The number of ether oxygens (including phenoxy) is 1. The topological polar surface area (TPSA) is 29.5 Å². The zero-order valence-corrected chi connectivity index (χ0v) is 12.6. The molecule has 0 aliphatic rings.